The molecule has 0 radical (unpaired) electrons. The Hall–Kier alpha value is -0.120. The Labute approximate surface area is 119 Å². The van der Waals surface area contributed by atoms with Gasteiger partial charge in [-0.15, -0.1) is 0 Å². The van der Waals surface area contributed by atoms with Gasteiger partial charge in [-0.05, 0) is 63.8 Å². The molecule has 2 rings (SSSR count). The van der Waals surface area contributed by atoms with Gasteiger partial charge in [-0.3, -0.25) is 0 Å². The fraction of sp³-hybridized carbons (Fsp3) is 1.00. The number of hydrogen-bond donors (Lipinski definition) is 1. The van der Waals surface area contributed by atoms with E-state index in [1.54, 1.807) is 0 Å². The SMILES string of the molecule is CCN1CCC(N(C)CC2(C(C)C)CCNC2)CC1. The van der Waals surface area contributed by atoms with Crippen LogP contribution in [0.5, 0.6) is 0 Å². The highest BCUT2D eigenvalue weighted by Gasteiger charge is 2.39. The molecule has 2 aliphatic rings. The zero-order valence-electron chi connectivity index (χ0n) is 13.4. The van der Waals surface area contributed by atoms with Crippen LogP contribution in [0.25, 0.3) is 0 Å². The minimum atomic E-state index is 0.511. The van der Waals surface area contributed by atoms with Gasteiger partial charge in [0.05, 0.1) is 0 Å². The third-order valence-corrected chi connectivity index (χ3v) is 5.69. The van der Waals surface area contributed by atoms with Crippen LogP contribution in [0.2, 0.25) is 0 Å². The molecule has 2 saturated heterocycles. The maximum Gasteiger partial charge on any atom is 0.0117 e. The first-order valence-corrected chi connectivity index (χ1v) is 8.21. The summed E-state index contributed by atoms with van der Waals surface area (Å²) < 4.78 is 0. The van der Waals surface area contributed by atoms with Crippen molar-refractivity contribution in [1.29, 1.82) is 0 Å². The quantitative estimate of drug-likeness (QED) is 0.822. The van der Waals surface area contributed by atoms with Crippen molar-refractivity contribution in [3.63, 3.8) is 0 Å². The summed E-state index contributed by atoms with van der Waals surface area (Å²) in [4.78, 5) is 5.25. The van der Waals surface area contributed by atoms with Crippen LogP contribution in [-0.2, 0) is 0 Å². The van der Waals surface area contributed by atoms with Crippen molar-refractivity contribution in [3.05, 3.63) is 0 Å². The Morgan fingerprint density at radius 2 is 2.00 bits per heavy atom. The maximum absolute atomic E-state index is 3.58. The largest absolute Gasteiger partial charge is 0.316 e. The molecule has 0 aromatic heterocycles. The van der Waals surface area contributed by atoms with Crippen LogP contribution in [0.4, 0.5) is 0 Å². The number of nitrogens with one attached hydrogen (secondary N) is 1. The highest BCUT2D eigenvalue weighted by atomic mass is 15.2. The van der Waals surface area contributed by atoms with E-state index in [-0.39, 0.29) is 0 Å². The number of likely N-dealkylation sites (tertiary alicyclic amines) is 1. The van der Waals surface area contributed by atoms with Gasteiger partial charge in [-0.1, -0.05) is 20.8 Å². The van der Waals surface area contributed by atoms with Crippen LogP contribution in [0, 0.1) is 11.3 Å². The topological polar surface area (TPSA) is 18.5 Å². The van der Waals surface area contributed by atoms with E-state index in [4.69, 9.17) is 0 Å². The Bertz CT molecular complexity index is 263. The van der Waals surface area contributed by atoms with E-state index in [0.717, 1.165) is 12.0 Å². The molecule has 112 valence electrons. The minimum Gasteiger partial charge on any atom is -0.316 e. The second-order valence-electron chi connectivity index (χ2n) is 7.02. The van der Waals surface area contributed by atoms with E-state index >= 15 is 0 Å². The second kappa shape index (κ2) is 6.55. The zero-order valence-corrected chi connectivity index (χ0v) is 13.4. The fourth-order valence-electron chi connectivity index (χ4n) is 3.88. The minimum absolute atomic E-state index is 0.511. The summed E-state index contributed by atoms with van der Waals surface area (Å²) in [7, 11) is 2.36. The van der Waals surface area contributed by atoms with Crippen molar-refractivity contribution in [3.8, 4) is 0 Å². The third kappa shape index (κ3) is 3.50. The summed E-state index contributed by atoms with van der Waals surface area (Å²) in [5.41, 5.74) is 0.511. The van der Waals surface area contributed by atoms with Gasteiger partial charge in [0.25, 0.3) is 0 Å². The van der Waals surface area contributed by atoms with Crippen molar-refractivity contribution in [2.75, 3.05) is 46.3 Å². The average molecular weight is 267 g/mol. The van der Waals surface area contributed by atoms with Gasteiger partial charge in [0.2, 0.25) is 0 Å². The van der Waals surface area contributed by atoms with Gasteiger partial charge in [0.15, 0.2) is 0 Å². The van der Waals surface area contributed by atoms with Crippen molar-refractivity contribution in [2.24, 2.45) is 11.3 Å². The number of piperidine rings is 1. The summed E-state index contributed by atoms with van der Waals surface area (Å²) >= 11 is 0. The molecule has 1 unspecified atom stereocenters. The molecule has 2 heterocycles. The zero-order chi connectivity index (χ0) is 13.9. The lowest BCUT2D eigenvalue weighted by atomic mass is 9.75. The Kier molecular flexibility index (Phi) is 5.27. The van der Waals surface area contributed by atoms with E-state index in [9.17, 15) is 0 Å². The highest BCUT2D eigenvalue weighted by Crippen LogP contribution is 2.35. The molecule has 0 bridgehead atoms. The van der Waals surface area contributed by atoms with Crippen LogP contribution >= 0.6 is 0 Å². The first-order valence-electron chi connectivity index (χ1n) is 8.21. The van der Waals surface area contributed by atoms with Crippen LogP contribution in [0.3, 0.4) is 0 Å². The lowest BCUT2D eigenvalue weighted by Crippen LogP contribution is -2.48. The van der Waals surface area contributed by atoms with Crippen molar-refractivity contribution < 1.29 is 0 Å². The summed E-state index contributed by atoms with van der Waals surface area (Å²) in [6.07, 6.45) is 4.06. The maximum atomic E-state index is 3.58. The van der Waals surface area contributed by atoms with Crippen LogP contribution in [0.15, 0.2) is 0 Å². The third-order valence-electron chi connectivity index (χ3n) is 5.69. The van der Waals surface area contributed by atoms with E-state index in [0.29, 0.717) is 5.41 Å². The van der Waals surface area contributed by atoms with Gasteiger partial charge in [-0.25, -0.2) is 0 Å². The number of nitrogens with zero attached hydrogens (tertiary/aromatic N) is 2. The Morgan fingerprint density at radius 1 is 1.32 bits per heavy atom. The van der Waals surface area contributed by atoms with Crippen molar-refractivity contribution >= 4 is 0 Å². The van der Waals surface area contributed by atoms with Gasteiger partial charge < -0.3 is 15.1 Å². The normalized spacial score (nSPS) is 30.6. The van der Waals surface area contributed by atoms with Crippen LogP contribution < -0.4 is 5.32 Å². The smallest absolute Gasteiger partial charge is 0.0117 e. The molecular weight excluding hydrogens is 234 g/mol. The average Bonchev–Trinajstić information content (AvgIpc) is 2.88. The molecule has 3 heteroatoms. The molecule has 1 atom stereocenters. The Balaban J connectivity index is 1.88. The molecule has 3 nitrogen and oxygen atoms in total. The van der Waals surface area contributed by atoms with Crippen LogP contribution in [-0.4, -0.2) is 62.2 Å². The summed E-state index contributed by atoms with van der Waals surface area (Å²) in [5, 5.41) is 3.58. The summed E-state index contributed by atoms with van der Waals surface area (Å²) in [6, 6.07) is 0.805. The van der Waals surface area contributed by atoms with Gasteiger partial charge in [-0.2, -0.15) is 0 Å². The first-order chi connectivity index (χ1) is 9.07. The molecule has 0 aromatic rings. The highest BCUT2D eigenvalue weighted by molar-refractivity contribution is 4.93. The first kappa shape index (κ1) is 15.3. The molecule has 19 heavy (non-hydrogen) atoms. The molecule has 0 spiro atoms. The van der Waals surface area contributed by atoms with Crippen molar-refractivity contribution in [2.45, 2.75) is 46.1 Å². The standard InChI is InChI=1S/C16H33N3/c1-5-19-10-6-15(7-11-19)18(4)13-16(14(2)3)8-9-17-12-16/h14-15,17H,5-13H2,1-4H3. The number of hydrogen-bond acceptors (Lipinski definition) is 3. The van der Waals surface area contributed by atoms with Crippen molar-refractivity contribution in [1.82, 2.24) is 15.1 Å². The second-order valence-corrected chi connectivity index (χ2v) is 7.02. The van der Waals surface area contributed by atoms with E-state index < -0.39 is 0 Å². The molecule has 0 amide bonds. The van der Waals surface area contributed by atoms with E-state index in [2.05, 4.69) is 42.9 Å². The van der Waals surface area contributed by atoms with E-state index in [1.165, 1.54) is 58.5 Å². The molecule has 0 saturated carbocycles. The monoisotopic (exact) mass is 267 g/mol. The molecule has 0 aromatic carbocycles. The molecule has 2 aliphatic heterocycles. The van der Waals surface area contributed by atoms with E-state index in [1.807, 2.05) is 0 Å². The predicted octanol–water partition coefficient (Wildman–Crippen LogP) is 2.04. The fourth-order valence-corrected chi connectivity index (χ4v) is 3.88. The summed E-state index contributed by atoms with van der Waals surface area (Å²) in [5.74, 6) is 0.778. The molecular formula is C16H33N3. The van der Waals surface area contributed by atoms with Gasteiger partial charge in [0.1, 0.15) is 0 Å². The van der Waals surface area contributed by atoms with Gasteiger partial charge >= 0.3 is 0 Å². The van der Waals surface area contributed by atoms with Crippen LogP contribution in [0.1, 0.15) is 40.0 Å². The lowest BCUT2D eigenvalue weighted by Gasteiger charge is -2.42. The van der Waals surface area contributed by atoms with Gasteiger partial charge in [0, 0.05) is 19.1 Å². The molecule has 2 fully saturated rings. The molecule has 0 aliphatic carbocycles. The lowest BCUT2D eigenvalue weighted by molar-refractivity contribution is 0.0720. The Morgan fingerprint density at radius 3 is 2.47 bits per heavy atom. The molecule has 1 N–H and O–H groups in total. The predicted molar refractivity (Wildman–Crippen MR) is 82.5 cm³/mol. The summed E-state index contributed by atoms with van der Waals surface area (Å²) in [6.45, 7) is 14.6. The number of rotatable bonds is 5.